The van der Waals surface area contributed by atoms with E-state index in [2.05, 4.69) is 160 Å². The van der Waals surface area contributed by atoms with Crippen LogP contribution in [0.4, 0.5) is 17.1 Å². The van der Waals surface area contributed by atoms with Crippen molar-refractivity contribution in [2.75, 3.05) is 4.90 Å². The molecule has 2 atom stereocenters. The number of nitriles is 2. The van der Waals surface area contributed by atoms with Crippen LogP contribution >= 0.6 is 0 Å². The smallest absolute Gasteiger partial charge is 0.145 e. The first-order valence-electron chi connectivity index (χ1n) is 20.1. The van der Waals surface area contributed by atoms with Crippen molar-refractivity contribution in [1.29, 1.82) is 10.5 Å². The van der Waals surface area contributed by atoms with E-state index in [9.17, 15) is 10.5 Å². The van der Waals surface area contributed by atoms with Crippen molar-refractivity contribution in [1.82, 2.24) is 9.13 Å². The second kappa shape index (κ2) is 13.1. The topological polar surface area (TPSA) is 73.8 Å². The lowest BCUT2D eigenvalue weighted by Crippen LogP contribution is -2.20. The van der Waals surface area contributed by atoms with E-state index in [1.54, 1.807) is 0 Å². The van der Waals surface area contributed by atoms with E-state index in [4.69, 9.17) is 4.42 Å². The minimum absolute atomic E-state index is 0.455. The number of benzene rings is 8. The maximum Gasteiger partial charge on any atom is 0.145 e. The Bertz CT molecular complexity index is 3660. The maximum absolute atomic E-state index is 11.1. The predicted molar refractivity (Wildman–Crippen MR) is 244 cm³/mol. The first-order valence-corrected chi connectivity index (χ1v) is 20.1. The van der Waals surface area contributed by atoms with Gasteiger partial charge in [0.25, 0.3) is 0 Å². The van der Waals surface area contributed by atoms with Crippen LogP contribution < -0.4 is 4.90 Å². The van der Waals surface area contributed by atoms with E-state index in [1.165, 1.54) is 0 Å². The third kappa shape index (κ3) is 4.86. The SMILES string of the molecule is N#CC1=CC(n2c3ccccc3c3c4oc5ccccc5c4ccc32)C(C#N)C=C1n1c2ccc(N(c3ccccc3)c3ccccc3)cc2c2c3ccccc3ccc21. The number of aromatic nitrogens is 2. The number of rotatable bonds is 5. The number of anilines is 3. The summed E-state index contributed by atoms with van der Waals surface area (Å²) in [5, 5.41) is 30.7. The zero-order chi connectivity index (χ0) is 39.9. The van der Waals surface area contributed by atoms with Gasteiger partial charge in [0.1, 0.15) is 17.2 Å². The number of hydrogen-bond acceptors (Lipinski definition) is 4. The molecule has 0 aliphatic heterocycles. The Morgan fingerprint density at radius 2 is 1.17 bits per heavy atom. The number of nitrogens with zero attached hydrogens (tertiary/aromatic N) is 5. The van der Waals surface area contributed by atoms with Crippen LogP contribution in [0.5, 0.6) is 0 Å². The molecule has 6 nitrogen and oxygen atoms in total. The van der Waals surface area contributed by atoms with E-state index in [0.717, 1.165) is 93.4 Å². The van der Waals surface area contributed by atoms with Gasteiger partial charge in [0.2, 0.25) is 0 Å². The molecule has 12 rings (SSSR count). The van der Waals surface area contributed by atoms with E-state index in [1.807, 2.05) is 54.6 Å². The number of furan rings is 1. The molecular formula is C54H33N5O. The number of fused-ring (bicyclic) bond motifs is 12. The van der Waals surface area contributed by atoms with Gasteiger partial charge in [-0.2, -0.15) is 10.5 Å². The lowest BCUT2D eigenvalue weighted by atomic mass is 9.90. The molecular weight excluding hydrogens is 735 g/mol. The summed E-state index contributed by atoms with van der Waals surface area (Å²) in [5.74, 6) is -0.596. The van der Waals surface area contributed by atoms with E-state index >= 15 is 0 Å². The lowest BCUT2D eigenvalue weighted by Gasteiger charge is -2.27. The Labute approximate surface area is 344 Å². The van der Waals surface area contributed by atoms with Crippen LogP contribution in [-0.4, -0.2) is 9.13 Å². The number of para-hydroxylation sites is 4. The van der Waals surface area contributed by atoms with Crippen molar-refractivity contribution in [2.24, 2.45) is 5.92 Å². The van der Waals surface area contributed by atoms with Crippen molar-refractivity contribution in [3.05, 3.63) is 194 Å². The Morgan fingerprint density at radius 3 is 1.93 bits per heavy atom. The molecule has 0 spiro atoms. The van der Waals surface area contributed by atoms with Gasteiger partial charge in [-0.15, -0.1) is 0 Å². The molecule has 0 saturated heterocycles. The van der Waals surface area contributed by atoms with Gasteiger partial charge in [0.05, 0.1) is 51.2 Å². The molecule has 280 valence electrons. The molecule has 0 N–H and O–H groups in total. The average Bonchev–Trinajstić information content (AvgIpc) is 3.97. The minimum atomic E-state index is -0.596. The molecule has 60 heavy (non-hydrogen) atoms. The molecule has 3 heterocycles. The van der Waals surface area contributed by atoms with Crippen molar-refractivity contribution in [3.63, 3.8) is 0 Å². The predicted octanol–water partition coefficient (Wildman–Crippen LogP) is 14.1. The summed E-state index contributed by atoms with van der Waals surface area (Å²) in [5.41, 5.74) is 9.85. The summed E-state index contributed by atoms with van der Waals surface area (Å²) in [6, 6.07) is 65.6. The van der Waals surface area contributed by atoms with Crippen LogP contribution in [0, 0.1) is 28.6 Å². The van der Waals surface area contributed by atoms with Crippen LogP contribution in [0.2, 0.25) is 0 Å². The fraction of sp³-hybridized carbons (Fsp3) is 0.0370. The molecule has 0 radical (unpaired) electrons. The maximum atomic E-state index is 11.1. The fourth-order valence-corrected chi connectivity index (χ4v) is 9.72. The second-order valence-corrected chi connectivity index (χ2v) is 15.4. The largest absolute Gasteiger partial charge is 0.455 e. The fourth-order valence-electron chi connectivity index (χ4n) is 9.72. The monoisotopic (exact) mass is 767 g/mol. The standard InChI is InChI=1S/C54H33N5O/c55-32-35-30-50(36(33-56)29-49(35)58-45-21-11-9-20-43(45)53-48(58)28-25-42-41-19-10-12-22-51(41)60-54(42)53)59-46-27-24-39(57(37-14-3-1-4-15-37)38-16-5-2-6-17-38)31-44(46)52-40-18-8-7-13-34(40)23-26-47(52)59/h1-31,35,49H. The van der Waals surface area contributed by atoms with Crippen molar-refractivity contribution >= 4 is 99.1 Å². The van der Waals surface area contributed by atoms with Crippen LogP contribution in [-0.2, 0) is 0 Å². The minimum Gasteiger partial charge on any atom is -0.455 e. The molecule has 8 aromatic carbocycles. The Morgan fingerprint density at radius 1 is 0.500 bits per heavy atom. The highest BCUT2D eigenvalue weighted by molar-refractivity contribution is 6.24. The Hall–Kier alpha value is -8.32. The first kappa shape index (κ1) is 33.8. The highest BCUT2D eigenvalue weighted by atomic mass is 16.3. The van der Waals surface area contributed by atoms with E-state index in [0.29, 0.717) is 11.3 Å². The van der Waals surface area contributed by atoms with Gasteiger partial charge in [-0.1, -0.05) is 103 Å². The summed E-state index contributed by atoms with van der Waals surface area (Å²) in [7, 11) is 0. The van der Waals surface area contributed by atoms with Crippen LogP contribution in [0.3, 0.4) is 0 Å². The van der Waals surface area contributed by atoms with Gasteiger partial charge >= 0.3 is 0 Å². The molecule has 1 aliphatic carbocycles. The molecule has 11 aromatic rings. The van der Waals surface area contributed by atoms with Gasteiger partial charge < -0.3 is 18.5 Å². The van der Waals surface area contributed by atoms with Crippen molar-refractivity contribution in [3.8, 4) is 12.1 Å². The van der Waals surface area contributed by atoms with E-state index < -0.39 is 12.0 Å². The zero-order valence-electron chi connectivity index (χ0n) is 32.2. The molecule has 0 amide bonds. The second-order valence-electron chi connectivity index (χ2n) is 15.4. The molecule has 2 unspecified atom stereocenters. The summed E-state index contributed by atoms with van der Waals surface area (Å²) < 4.78 is 11.0. The van der Waals surface area contributed by atoms with Crippen molar-refractivity contribution < 1.29 is 4.42 Å². The first-order chi connectivity index (χ1) is 29.7. The molecule has 1 aliphatic rings. The van der Waals surface area contributed by atoms with Crippen LogP contribution in [0.15, 0.2) is 198 Å². The quantitative estimate of drug-likeness (QED) is 0.175. The summed E-state index contributed by atoms with van der Waals surface area (Å²) in [6.07, 6.45) is 4.00. The Balaban J connectivity index is 1.08. The molecule has 0 saturated carbocycles. The normalized spacial score (nSPS) is 15.5. The third-order valence-corrected chi connectivity index (χ3v) is 12.3. The molecule has 3 aromatic heterocycles. The molecule has 0 bridgehead atoms. The van der Waals surface area contributed by atoms with Gasteiger partial charge in [-0.05, 0) is 95.7 Å². The summed E-state index contributed by atoms with van der Waals surface area (Å²) in [4.78, 5) is 2.27. The average molecular weight is 768 g/mol. The third-order valence-electron chi connectivity index (χ3n) is 12.3. The van der Waals surface area contributed by atoms with Crippen LogP contribution in [0.25, 0.3) is 82.0 Å². The zero-order valence-corrected chi connectivity index (χ0v) is 32.2. The molecule has 6 heteroatoms. The Kier molecular flexibility index (Phi) is 7.38. The lowest BCUT2D eigenvalue weighted by molar-refractivity contribution is 0.558. The van der Waals surface area contributed by atoms with Gasteiger partial charge in [-0.3, -0.25) is 0 Å². The highest BCUT2D eigenvalue weighted by Crippen LogP contribution is 2.47. The van der Waals surface area contributed by atoms with Crippen LogP contribution in [0.1, 0.15) is 6.04 Å². The summed E-state index contributed by atoms with van der Waals surface area (Å²) in [6.45, 7) is 0. The number of hydrogen-bond donors (Lipinski definition) is 0. The molecule has 0 fully saturated rings. The summed E-state index contributed by atoms with van der Waals surface area (Å²) >= 11 is 0. The van der Waals surface area contributed by atoms with Gasteiger partial charge in [0.15, 0.2) is 0 Å². The van der Waals surface area contributed by atoms with Gasteiger partial charge in [-0.25, -0.2) is 0 Å². The highest BCUT2D eigenvalue weighted by Gasteiger charge is 2.32. The number of allylic oxidation sites excluding steroid dienone is 4. The van der Waals surface area contributed by atoms with E-state index in [-0.39, 0.29) is 0 Å². The van der Waals surface area contributed by atoms with Crippen molar-refractivity contribution in [2.45, 2.75) is 6.04 Å². The van der Waals surface area contributed by atoms with Gasteiger partial charge in [0, 0.05) is 49.5 Å².